The highest BCUT2D eigenvalue weighted by molar-refractivity contribution is 9.10. The van der Waals surface area contributed by atoms with E-state index in [0.29, 0.717) is 15.7 Å². The highest BCUT2D eigenvalue weighted by Crippen LogP contribution is 2.19. The molecule has 0 unspecified atom stereocenters. The van der Waals surface area contributed by atoms with Crippen molar-refractivity contribution in [2.75, 3.05) is 5.32 Å². The third-order valence-electron chi connectivity index (χ3n) is 1.57. The maximum absolute atomic E-state index is 13.0. The number of benzene rings is 1. The van der Waals surface area contributed by atoms with Crippen LogP contribution < -0.4 is 5.32 Å². The Kier molecular flexibility index (Phi) is 3.41. The zero-order valence-corrected chi connectivity index (χ0v) is 9.19. The molecular weight excluding hydrogens is 249 g/mol. The summed E-state index contributed by atoms with van der Waals surface area (Å²) in [5, 5.41) is 2.51. The van der Waals surface area contributed by atoms with Crippen molar-refractivity contribution >= 4 is 27.5 Å². The zero-order chi connectivity index (χ0) is 10.7. The monoisotopic (exact) mass is 257 g/mol. The second-order valence-corrected chi connectivity index (χ2v) is 3.72. The van der Waals surface area contributed by atoms with Crippen molar-refractivity contribution in [1.29, 1.82) is 0 Å². The summed E-state index contributed by atoms with van der Waals surface area (Å²) in [6, 6.07) is 4.38. The van der Waals surface area contributed by atoms with Crippen LogP contribution in [0.15, 0.2) is 34.8 Å². The Morgan fingerprint density at radius 2 is 2.21 bits per heavy atom. The van der Waals surface area contributed by atoms with Crippen LogP contribution >= 0.6 is 15.9 Å². The number of hydrogen-bond acceptors (Lipinski definition) is 1. The Morgan fingerprint density at radius 3 is 2.71 bits per heavy atom. The summed E-state index contributed by atoms with van der Waals surface area (Å²) in [6.07, 6.45) is 0. The first kappa shape index (κ1) is 10.9. The topological polar surface area (TPSA) is 29.1 Å². The number of carbonyl (C=O) groups is 1. The largest absolute Gasteiger partial charge is 0.322 e. The number of halogens is 2. The van der Waals surface area contributed by atoms with E-state index in [1.165, 1.54) is 12.1 Å². The third-order valence-corrected chi connectivity index (χ3v) is 2.21. The molecule has 0 bridgehead atoms. The molecule has 1 rings (SSSR count). The smallest absolute Gasteiger partial charge is 0.250 e. The fraction of sp³-hybridized carbons (Fsp3) is 0.100. The van der Waals surface area contributed by atoms with Gasteiger partial charge in [0.15, 0.2) is 0 Å². The summed E-state index contributed by atoms with van der Waals surface area (Å²) in [7, 11) is 0. The molecule has 0 radical (unpaired) electrons. The van der Waals surface area contributed by atoms with Gasteiger partial charge in [-0.2, -0.15) is 0 Å². The third kappa shape index (κ3) is 2.67. The van der Waals surface area contributed by atoms with Crippen molar-refractivity contribution in [2.45, 2.75) is 6.92 Å². The van der Waals surface area contributed by atoms with Gasteiger partial charge in [0.1, 0.15) is 5.82 Å². The predicted octanol–water partition coefficient (Wildman–Crippen LogP) is 3.10. The van der Waals surface area contributed by atoms with Crippen LogP contribution in [0.5, 0.6) is 0 Å². The lowest BCUT2D eigenvalue weighted by Crippen LogP contribution is -2.11. The molecule has 0 fully saturated rings. The van der Waals surface area contributed by atoms with Crippen LogP contribution in [0.2, 0.25) is 0 Å². The van der Waals surface area contributed by atoms with Crippen molar-refractivity contribution in [3.05, 3.63) is 40.6 Å². The molecule has 0 saturated heterocycles. The van der Waals surface area contributed by atoms with Crippen LogP contribution in [0, 0.1) is 5.82 Å². The van der Waals surface area contributed by atoms with Gasteiger partial charge in [-0.25, -0.2) is 4.39 Å². The Morgan fingerprint density at radius 1 is 1.57 bits per heavy atom. The molecule has 0 aliphatic carbocycles. The molecule has 2 nitrogen and oxygen atoms in total. The van der Waals surface area contributed by atoms with Crippen molar-refractivity contribution in [3.8, 4) is 0 Å². The molecule has 0 aliphatic heterocycles. The van der Waals surface area contributed by atoms with Gasteiger partial charge in [-0.15, -0.1) is 0 Å². The van der Waals surface area contributed by atoms with Crippen molar-refractivity contribution in [1.82, 2.24) is 0 Å². The number of nitrogens with one attached hydrogen (secondary N) is 1. The lowest BCUT2D eigenvalue weighted by Gasteiger charge is -2.04. The molecule has 1 N–H and O–H groups in total. The Bertz CT molecular complexity index is 390. The normalized spacial score (nSPS) is 9.64. The minimum Gasteiger partial charge on any atom is -0.322 e. The maximum Gasteiger partial charge on any atom is 0.250 e. The molecule has 0 aliphatic rings. The Hall–Kier alpha value is -1.16. The van der Waals surface area contributed by atoms with Crippen LogP contribution in [0.4, 0.5) is 10.1 Å². The minimum absolute atomic E-state index is 0.313. The van der Waals surface area contributed by atoms with E-state index >= 15 is 0 Å². The van der Waals surface area contributed by atoms with E-state index in [0.717, 1.165) is 0 Å². The summed E-state index contributed by atoms with van der Waals surface area (Å²) in [4.78, 5) is 11.2. The molecule has 4 heteroatoms. The van der Waals surface area contributed by atoms with Gasteiger partial charge in [-0.1, -0.05) is 6.58 Å². The number of hydrogen-bond donors (Lipinski definition) is 1. The van der Waals surface area contributed by atoms with Gasteiger partial charge in [0.05, 0.1) is 4.47 Å². The first-order valence-electron chi connectivity index (χ1n) is 3.92. The number of carbonyl (C=O) groups excluding carboxylic acids is 1. The van der Waals surface area contributed by atoms with Crippen LogP contribution in [-0.4, -0.2) is 5.91 Å². The van der Waals surface area contributed by atoms with Crippen molar-refractivity contribution < 1.29 is 9.18 Å². The minimum atomic E-state index is -0.412. The maximum atomic E-state index is 13.0. The van der Waals surface area contributed by atoms with Gasteiger partial charge in [0, 0.05) is 11.3 Å². The second kappa shape index (κ2) is 4.37. The molecule has 1 amide bonds. The van der Waals surface area contributed by atoms with Gasteiger partial charge < -0.3 is 5.32 Å². The van der Waals surface area contributed by atoms with E-state index < -0.39 is 5.82 Å². The molecule has 0 saturated carbocycles. The molecule has 0 heterocycles. The van der Waals surface area contributed by atoms with Crippen molar-refractivity contribution in [2.24, 2.45) is 0 Å². The Balaban J connectivity index is 2.83. The highest BCUT2D eigenvalue weighted by Gasteiger charge is 2.04. The lowest BCUT2D eigenvalue weighted by molar-refractivity contribution is -0.112. The predicted molar refractivity (Wildman–Crippen MR) is 57.5 cm³/mol. The molecule has 0 atom stereocenters. The van der Waals surface area contributed by atoms with Gasteiger partial charge in [0.2, 0.25) is 0 Å². The van der Waals surface area contributed by atoms with Crippen molar-refractivity contribution in [3.63, 3.8) is 0 Å². The molecule has 14 heavy (non-hydrogen) atoms. The molecule has 1 aromatic rings. The van der Waals surface area contributed by atoms with Gasteiger partial charge in [0.25, 0.3) is 5.91 Å². The van der Waals surface area contributed by atoms with Gasteiger partial charge >= 0.3 is 0 Å². The van der Waals surface area contributed by atoms with E-state index in [1.54, 1.807) is 13.0 Å². The Labute approximate surface area is 89.9 Å². The summed E-state index contributed by atoms with van der Waals surface area (Å²) in [5.41, 5.74) is 0.798. The van der Waals surface area contributed by atoms with Crippen LogP contribution in [0.25, 0.3) is 0 Å². The van der Waals surface area contributed by atoms with E-state index in [1.807, 2.05) is 0 Å². The highest BCUT2D eigenvalue weighted by atomic mass is 79.9. The first-order valence-corrected chi connectivity index (χ1v) is 4.72. The lowest BCUT2D eigenvalue weighted by atomic mass is 10.3. The average molecular weight is 258 g/mol. The first-order chi connectivity index (χ1) is 6.50. The molecule has 74 valence electrons. The summed E-state index contributed by atoms with van der Waals surface area (Å²) in [5.74, 6) is -0.726. The fourth-order valence-electron chi connectivity index (χ4n) is 0.812. The molecule has 0 aromatic heterocycles. The molecular formula is C10H9BrFNO. The fourth-order valence-corrected chi connectivity index (χ4v) is 1.06. The standard InChI is InChI=1S/C10H9BrFNO/c1-6(2)10(14)13-7-3-4-8(11)9(12)5-7/h3-5H,1H2,2H3,(H,13,14). The van der Waals surface area contributed by atoms with E-state index in [9.17, 15) is 9.18 Å². The summed E-state index contributed by atoms with van der Waals surface area (Å²) in [6.45, 7) is 5.06. The van der Waals surface area contributed by atoms with Crippen LogP contribution in [-0.2, 0) is 4.79 Å². The second-order valence-electron chi connectivity index (χ2n) is 2.86. The van der Waals surface area contributed by atoms with Gasteiger partial charge in [-0.05, 0) is 41.1 Å². The number of anilines is 1. The van der Waals surface area contributed by atoms with Crippen LogP contribution in [0.3, 0.4) is 0 Å². The summed E-state index contributed by atoms with van der Waals surface area (Å²) >= 11 is 3.02. The van der Waals surface area contributed by atoms with E-state index in [-0.39, 0.29) is 5.91 Å². The molecule has 1 aromatic carbocycles. The van der Waals surface area contributed by atoms with Gasteiger partial charge in [-0.3, -0.25) is 4.79 Å². The van der Waals surface area contributed by atoms with Crippen LogP contribution in [0.1, 0.15) is 6.92 Å². The SMILES string of the molecule is C=C(C)C(=O)Nc1ccc(Br)c(F)c1. The average Bonchev–Trinajstić information content (AvgIpc) is 2.11. The zero-order valence-electron chi connectivity index (χ0n) is 7.60. The quantitative estimate of drug-likeness (QED) is 0.811. The number of amides is 1. The van der Waals surface area contributed by atoms with E-state index in [2.05, 4.69) is 27.8 Å². The molecule has 0 spiro atoms. The van der Waals surface area contributed by atoms with E-state index in [4.69, 9.17) is 0 Å². The number of rotatable bonds is 2. The summed E-state index contributed by atoms with van der Waals surface area (Å²) < 4.78 is 13.4.